The van der Waals surface area contributed by atoms with Crippen molar-refractivity contribution in [3.05, 3.63) is 38.0 Å². The van der Waals surface area contributed by atoms with Gasteiger partial charge in [0.25, 0.3) is 0 Å². The number of aliphatic hydroxyl groups is 1. The highest BCUT2D eigenvalue weighted by Crippen LogP contribution is 2.27. The van der Waals surface area contributed by atoms with Crippen molar-refractivity contribution in [1.82, 2.24) is 10.3 Å². The molecule has 2 heterocycles. The van der Waals surface area contributed by atoms with Gasteiger partial charge in [-0.2, -0.15) is 0 Å². The fourth-order valence-corrected chi connectivity index (χ4v) is 4.43. The van der Waals surface area contributed by atoms with Gasteiger partial charge in [0.15, 0.2) is 0 Å². The maximum absolute atomic E-state index is 10.1. The first-order valence-electron chi connectivity index (χ1n) is 7.14. The topological polar surface area (TPSA) is 45.1 Å². The molecule has 2 N–H and O–H groups in total. The van der Waals surface area contributed by atoms with E-state index in [1.54, 1.807) is 11.3 Å². The largest absolute Gasteiger partial charge is 0.388 e. The predicted molar refractivity (Wildman–Crippen MR) is 84.3 cm³/mol. The van der Waals surface area contributed by atoms with Crippen molar-refractivity contribution in [2.24, 2.45) is 0 Å². The zero-order chi connectivity index (χ0) is 13.9. The summed E-state index contributed by atoms with van der Waals surface area (Å²) in [7, 11) is 0. The number of nitrogens with zero attached hydrogens (tertiary/aromatic N) is 1. The van der Waals surface area contributed by atoms with Crippen LogP contribution in [0.1, 0.15) is 46.3 Å². The summed E-state index contributed by atoms with van der Waals surface area (Å²) in [5.74, 6) is 0. The highest BCUT2D eigenvalue weighted by atomic mass is 32.1. The molecule has 3 nitrogen and oxygen atoms in total. The highest BCUT2D eigenvalue weighted by Gasteiger charge is 2.17. The van der Waals surface area contributed by atoms with Crippen molar-refractivity contribution in [3.63, 3.8) is 0 Å². The van der Waals surface area contributed by atoms with Gasteiger partial charge in [0.05, 0.1) is 11.8 Å². The highest BCUT2D eigenvalue weighted by molar-refractivity contribution is 7.11. The van der Waals surface area contributed by atoms with Crippen molar-refractivity contribution in [3.8, 4) is 0 Å². The van der Waals surface area contributed by atoms with E-state index in [9.17, 15) is 5.11 Å². The van der Waals surface area contributed by atoms with Gasteiger partial charge in [-0.1, -0.05) is 6.07 Å². The zero-order valence-corrected chi connectivity index (χ0v) is 13.3. The standard InChI is InChI=1S/C15H20N2OS2/c1-10(8-12(18)14-6-3-7-19-14)16-9-15-17-11-4-2-5-13(11)20-15/h3,6-7,10,12,16,18H,2,4-5,8-9H2,1H3. The molecule has 0 aromatic carbocycles. The minimum absolute atomic E-state index is 0.283. The summed E-state index contributed by atoms with van der Waals surface area (Å²) in [6.45, 7) is 2.94. The second-order valence-electron chi connectivity index (χ2n) is 5.38. The first-order chi connectivity index (χ1) is 9.72. The lowest BCUT2D eigenvalue weighted by Crippen LogP contribution is -2.27. The Kier molecular flexibility index (Phi) is 4.51. The number of nitrogens with one attached hydrogen (secondary N) is 1. The van der Waals surface area contributed by atoms with Crippen LogP contribution in [0.4, 0.5) is 0 Å². The Labute approximate surface area is 127 Å². The number of hydrogen-bond acceptors (Lipinski definition) is 5. The molecule has 0 fully saturated rings. The molecule has 0 spiro atoms. The van der Waals surface area contributed by atoms with E-state index in [1.165, 1.54) is 28.4 Å². The number of rotatable bonds is 6. The molecule has 0 saturated heterocycles. The Hall–Kier alpha value is -0.750. The number of thiazole rings is 1. The Balaban J connectivity index is 1.48. The van der Waals surface area contributed by atoms with Gasteiger partial charge in [0.2, 0.25) is 0 Å². The smallest absolute Gasteiger partial charge is 0.107 e. The van der Waals surface area contributed by atoms with E-state index >= 15 is 0 Å². The average molecular weight is 308 g/mol. The first-order valence-corrected chi connectivity index (χ1v) is 8.84. The summed E-state index contributed by atoms with van der Waals surface area (Å²) in [6.07, 6.45) is 4.01. The second kappa shape index (κ2) is 6.35. The van der Waals surface area contributed by atoms with Crippen molar-refractivity contribution in [2.75, 3.05) is 0 Å². The summed E-state index contributed by atoms with van der Waals surface area (Å²) in [4.78, 5) is 7.22. The molecule has 0 saturated carbocycles. The summed E-state index contributed by atoms with van der Waals surface area (Å²) >= 11 is 3.46. The van der Waals surface area contributed by atoms with Gasteiger partial charge in [-0.3, -0.25) is 0 Å². The molecule has 1 aliphatic carbocycles. The van der Waals surface area contributed by atoms with Crippen molar-refractivity contribution >= 4 is 22.7 Å². The summed E-state index contributed by atoms with van der Waals surface area (Å²) in [6, 6.07) is 4.26. The third-order valence-corrected chi connectivity index (χ3v) is 5.82. The van der Waals surface area contributed by atoms with Crippen LogP contribution >= 0.6 is 22.7 Å². The van der Waals surface area contributed by atoms with Crippen LogP contribution in [-0.2, 0) is 19.4 Å². The zero-order valence-electron chi connectivity index (χ0n) is 11.6. The van der Waals surface area contributed by atoms with Gasteiger partial charge in [-0.05, 0) is 44.1 Å². The van der Waals surface area contributed by atoms with E-state index in [4.69, 9.17) is 0 Å². The van der Waals surface area contributed by atoms with Crippen molar-refractivity contribution < 1.29 is 5.11 Å². The van der Waals surface area contributed by atoms with Crippen LogP contribution in [-0.4, -0.2) is 16.1 Å². The van der Waals surface area contributed by atoms with Crippen LogP contribution in [0.2, 0.25) is 0 Å². The number of aromatic nitrogens is 1. The number of aliphatic hydroxyl groups excluding tert-OH is 1. The molecule has 0 aliphatic heterocycles. The third-order valence-electron chi connectivity index (χ3n) is 3.69. The third kappa shape index (κ3) is 3.28. The van der Waals surface area contributed by atoms with Gasteiger partial charge in [-0.25, -0.2) is 4.98 Å². The molecule has 2 unspecified atom stereocenters. The van der Waals surface area contributed by atoms with Gasteiger partial charge in [-0.15, -0.1) is 22.7 Å². The van der Waals surface area contributed by atoms with E-state index in [1.807, 2.05) is 28.8 Å². The molecule has 0 amide bonds. The molecule has 3 rings (SSSR count). The van der Waals surface area contributed by atoms with Crippen LogP contribution in [0.15, 0.2) is 17.5 Å². The van der Waals surface area contributed by atoms with E-state index in [-0.39, 0.29) is 12.1 Å². The molecule has 5 heteroatoms. The van der Waals surface area contributed by atoms with Gasteiger partial charge in [0, 0.05) is 22.3 Å². The van der Waals surface area contributed by atoms with E-state index in [0.29, 0.717) is 0 Å². The minimum atomic E-state index is -0.362. The Bertz CT molecular complexity index is 529. The van der Waals surface area contributed by atoms with Crippen LogP contribution in [0.25, 0.3) is 0 Å². The molecule has 20 heavy (non-hydrogen) atoms. The molecule has 0 bridgehead atoms. The number of aryl methyl sites for hydroxylation is 2. The van der Waals surface area contributed by atoms with Gasteiger partial charge >= 0.3 is 0 Å². The van der Waals surface area contributed by atoms with Crippen LogP contribution in [0, 0.1) is 0 Å². The van der Waals surface area contributed by atoms with Crippen LogP contribution in [0.5, 0.6) is 0 Å². The lowest BCUT2D eigenvalue weighted by Gasteiger charge is -2.16. The van der Waals surface area contributed by atoms with Gasteiger partial charge < -0.3 is 10.4 Å². The lowest BCUT2D eigenvalue weighted by atomic mass is 10.1. The molecule has 2 aromatic heterocycles. The van der Waals surface area contributed by atoms with E-state index < -0.39 is 0 Å². The van der Waals surface area contributed by atoms with Gasteiger partial charge in [0.1, 0.15) is 5.01 Å². The Morgan fingerprint density at radius 1 is 1.45 bits per heavy atom. The molecule has 2 atom stereocenters. The lowest BCUT2D eigenvalue weighted by molar-refractivity contribution is 0.157. The Morgan fingerprint density at radius 3 is 3.10 bits per heavy atom. The SMILES string of the molecule is CC(CC(O)c1cccs1)NCc1nc2c(s1)CCC2. The average Bonchev–Trinajstić information content (AvgIpc) is 3.12. The molecular weight excluding hydrogens is 288 g/mol. The van der Waals surface area contributed by atoms with Crippen molar-refractivity contribution in [1.29, 1.82) is 0 Å². The monoisotopic (exact) mass is 308 g/mol. The van der Waals surface area contributed by atoms with Crippen LogP contribution in [0.3, 0.4) is 0 Å². The summed E-state index contributed by atoms with van der Waals surface area (Å²) in [5.41, 5.74) is 1.32. The second-order valence-corrected chi connectivity index (χ2v) is 7.53. The first kappa shape index (κ1) is 14.2. The fourth-order valence-electron chi connectivity index (χ4n) is 2.60. The quantitative estimate of drug-likeness (QED) is 0.860. The summed E-state index contributed by atoms with van der Waals surface area (Å²) < 4.78 is 0. The summed E-state index contributed by atoms with van der Waals surface area (Å²) in [5, 5.41) is 16.8. The van der Waals surface area contributed by atoms with E-state index in [0.717, 1.165) is 24.3 Å². The maximum Gasteiger partial charge on any atom is 0.107 e. The molecular formula is C15H20N2OS2. The molecule has 108 valence electrons. The fraction of sp³-hybridized carbons (Fsp3) is 0.533. The normalized spacial score (nSPS) is 17.1. The molecule has 2 aromatic rings. The molecule has 1 aliphatic rings. The van der Waals surface area contributed by atoms with Crippen LogP contribution < -0.4 is 5.32 Å². The van der Waals surface area contributed by atoms with Crippen molar-refractivity contribution in [2.45, 2.75) is 51.3 Å². The number of fused-ring (bicyclic) bond motifs is 1. The predicted octanol–water partition coefficient (Wildman–Crippen LogP) is 3.30. The number of hydrogen-bond donors (Lipinski definition) is 2. The minimum Gasteiger partial charge on any atom is -0.388 e. The van der Waals surface area contributed by atoms with E-state index in [2.05, 4.69) is 17.2 Å². The Morgan fingerprint density at radius 2 is 2.35 bits per heavy atom. The molecule has 0 radical (unpaired) electrons. The maximum atomic E-state index is 10.1. The number of thiophene rings is 1.